The second kappa shape index (κ2) is 7.55. The highest BCUT2D eigenvalue weighted by molar-refractivity contribution is 6.31. The summed E-state index contributed by atoms with van der Waals surface area (Å²) in [5.41, 5.74) is 7.53. The number of rotatable bonds is 6. The quantitative estimate of drug-likeness (QED) is 0.809. The Morgan fingerprint density at radius 2 is 1.76 bits per heavy atom. The van der Waals surface area contributed by atoms with Crippen LogP contribution in [-0.4, -0.2) is 13.2 Å². The predicted molar refractivity (Wildman–Crippen MR) is 86.5 cm³/mol. The number of hydrogen-bond acceptors (Lipinski definition) is 3. The zero-order valence-electron chi connectivity index (χ0n) is 11.7. The van der Waals surface area contributed by atoms with Crippen molar-refractivity contribution in [3.8, 4) is 11.5 Å². The van der Waals surface area contributed by atoms with Gasteiger partial charge in [0.25, 0.3) is 0 Å². The summed E-state index contributed by atoms with van der Waals surface area (Å²) in [5, 5.41) is 1.38. The molecule has 5 heteroatoms. The van der Waals surface area contributed by atoms with Crippen LogP contribution in [0.25, 0.3) is 0 Å². The molecule has 2 aromatic carbocycles. The average molecular weight is 326 g/mol. The molecule has 112 valence electrons. The van der Waals surface area contributed by atoms with Gasteiger partial charge in [0.05, 0.1) is 0 Å². The minimum absolute atomic E-state index is 0.382. The highest BCUT2D eigenvalue weighted by Gasteiger charge is 2.04. The molecule has 2 aromatic rings. The molecule has 0 atom stereocenters. The molecule has 0 heterocycles. The lowest BCUT2D eigenvalue weighted by atomic mass is 10.2. The summed E-state index contributed by atoms with van der Waals surface area (Å²) in [6.07, 6.45) is 0. The van der Waals surface area contributed by atoms with Crippen molar-refractivity contribution in [1.29, 1.82) is 0 Å². The Bertz CT molecular complexity index is 617. The molecule has 0 aromatic heterocycles. The Morgan fingerprint density at radius 1 is 1.00 bits per heavy atom. The minimum atomic E-state index is 0.382. The van der Waals surface area contributed by atoms with E-state index in [4.69, 9.17) is 38.4 Å². The van der Waals surface area contributed by atoms with Gasteiger partial charge < -0.3 is 15.2 Å². The van der Waals surface area contributed by atoms with E-state index in [1.54, 1.807) is 12.1 Å². The molecular formula is C16H17Cl2NO2. The fourth-order valence-corrected chi connectivity index (χ4v) is 2.18. The second-order valence-corrected chi connectivity index (χ2v) is 5.41. The molecule has 0 spiro atoms. The first-order valence-electron chi connectivity index (χ1n) is 6.60. The Morgan fingerprint density at radius 3 is 2.48 bits per heavy atom. The van der Waals surface area contributed by atoms with Gasteiger partial charge in [-0.1, -0.05) is 23.2 Å². The van der Waals surface area contributed by atoms with Crippen LogP contribution >= 0.6 is 23.2 Å². The van der Waals surface area contributed by atoms with Crippen molar-refractivity contribution in [2.75, 3.05) is 13.2 Å². The maximum Gasteiger partial charge on any atom is 0.124 e. The summed E-state index contributed by atoms with van der Waals surface area (Å²) >= 11 is 11.9. The van der Waals surface area contributed by atoms with E-state index in [0.717, 1.165) is 27.6 Å². The van der Waals surface area contributed by atoms with Crippen molar-refractivity contribution in [3.05, 3.63) is 57.6 Å². The largest absolute Gasteiger partial charge is 0.490 e. The normalized spacial score (nSPS) is 10.5. The Balaban J connectivity index is 1.86. The van der Waals surface area contributed by atoms with Gasteiger partial charge in [-0.2, -0.15) is 0 Å². The van der Waals surface area contributed by atoms with Crippen LogP contribution in [0.3, 0.4) is 0 Å². The number of aryl methyl sites for hydroxylation is 1. The fraction of sp³-hybridized carbons (Fsp3) is 0.250. The smallest absolute Gasteiger partial charge is 0.124 e. The monoisotopic (exact) mass is 325 g/mol. The SMILES string of the molecule is Cc1cc(OCCOc2ccc(Cl)cc2CN)ccc1Cl. The Labute approximate surface area is 134 Å². The van der Waals surface area contributed by atoms with Gasteiger partial charge in [0.15, 0.2) is 0 Å². The van der Waals surface area contributed by atoms with Crippen molar-refractivity contribution in [3.63, 3.8) is 0 Å². The highest BCUT2D eigenvalue weighted by Crippen LogP contribution is 2.23. The highest BCUT2D eigenvalue weighted by atomic mass is 35.5. The number of benzene rings is 2. The molecule has 0 saturated heterocycles. The fourth-order valence-electron chi connectivity index (χ4n) is 1.87. The van der Waals surface area contributed by atoms with Crippen LogP contribution in [-0.2, 0) is 6.54 Å². The van der Waals surface area contributed by atoms with Gasteiger partial charge in [0, 0.05) is 22.2 Å². The third-order valence-electron chi connectivity index (χ3n) is 2.98. The van der Waals surface area contributed by atoms with Crippen LogP contribution in [0, 0.1) is 6.92 Å². The van der Waals surface area contributed by atoms with Gasteiger partial charge in [-0.25, -0.2) is 0 Å². The standard InChI is InChI=1S/C16H17Cl2NO2/c1-11-8-14(3-4-15(11)18)20-6-7-21-16-5-2-13(17)9-12(16)10-19/h2-5,8-9H,6-7,10,19H2,1H3. The number of halogens is 2. The van der Waals surface area contributed by atoms with Crippen LogP contribution in [0.15, 0.2) is 36.4 Å². The van der Waals surface area contributed by atoms with Crippen molar-refractivity contribution in [1.82, 2.24) is 0 Å². The lowest BCUT2D eigenvalue weighted by molar-refractivity contribution is 0.216. The summed E-state index contributed by atoms with van der Waals surface area (Å²) in [4.78, 5) is 0. The molecule has 0 unspecified atom stereocenters. The molecule has 3 nitrogen and oxygen atoms in total. The van der Waals surface area contributed by atoms with E-state index in [1.165, 1.54) is 0 Å². The first kappa shape index (κ1) is 16.0. The van der Waals surface area contributed by atoms with E-state index in [9.17, 15) is 0 Å². The maximum atomic E-state index is 5.97. The molecule has 0 bridgehead atoms. The van der Waals surface area contributed by atoms with Gasteiger partial charge in [0.2, 0.25) is 0 Å². The van der Waals surface area contributed by atoms with Crippen molar-refractivity contribution < 1.29 is 9.47 Å². The summed E-state index contributed by atoms with van der Waals surface area (Å²) in [6, 6.07) is 11.0. The van der Waals surface area contributed by atoms with Gasteiger partial charge in [0.1, 0.15) is 24.7 Å². The summed E-state index contributed by atoms with van der Waals surface area (Å²) in [7, 11) is 0. The molecule has 0 aliphatic rings. The molecular weight excluding hydrogens is 309 g/mol. The van der Waals surface area contributed by atoms with E-state index in [2.05, 4.69) is 0 Å². The van der Waals surface area contributed by atoms with Crippen molar-refractivity contribution in [2.24, 2.45) is 5.73 Å². The van der Waals surface area contributed by atoms with Gasteiger partial charge in [-0.05, 0) is 48.9 Å². The average Bonchev–Trinajstić information content (AvgIpc) is 2.48. The van der Waals surface area contributed by atoms with Crippen LogP contribution in [0.4, 0.5) is 0 Å². The summed E-state index contributed by atoms with van der Waals surface area (Å²) in [5.74, 6) is 1.51. The molecule has 0 radical (unpaired) electrons. The molecule has 2 rings (SSSR count). The zero-order valence-corrected chi connectivity index (χ0v) is 13.2. The third-order valence-corrected chi connectivity index (χ3v) is 3.64. The van der Waals surface area contributed by atoms with E-state index in [-0.39, 0.29) is 0 Å². The van der Waals surface area contributed by atoms with Crippen LogP contribution in [0.5, 0.6) is 11.5 Å². The first-order valence-corrected chi connectivity index (χ1v) is 7.36. The summed E-state index contributed by atoms with van der Waals surface area (Å²) in [6.45, 7) is 3.18. The maximum absolute atomic E-state index is 5.97. The molecule has 0 saturated carbocycles. The molecule has 0 aliphatic heterocycles. The van der Waals surface area contributed by atoms with E-state index in [1.807, 2.05) is 31.2 Å². The lowest BCUT2D eigenvalue weighted by Crippen LogP contribution is -2.11. The summed E-state index contributed by atoms with van der Waals surface area (Å²) < 4.78 is 11.3. The second-order valence-electron chi connectivity index (χ2n) is 4.56. The number of ether oxygens (including phenoxy) is 2. The molecule has 0 fully saturated rings. The molecule has 0 amide bonds. The first-order chi connectivity index (χ1) is 10.1. The van der Waals surface area contributed by atoms with Crippen molar-refractivity contribution >= 4 is 23.2 Å². The number of hydrogen-bond donors (Lipinski definition) is 1. The van der Waals surface area contributed by atoms with E-state index in [0.29, 0.717) is 24.8 Å². The van der Waals surface area contributed by atoms with Gasteiger partial charge in [-0.3, -0.25) is 0 Å². The third kappa shape index (κ3) is 4.53. The molecule has 0 aliphatic carbocycles. The molecule has 2 N–H and O–H groups in total. The van der Waals surface area contributed by atoms with Crippen LogP contribution in [0.2, 0.25) is 10.0 Å². The van der Waals surface area contributed by atoms with Gasteiger partial charge >= 0.3 is 0 Å². The van der Waals surface area contributed by atoms with Gasteiger partial charge in [-0.15, -0.1) is 0 Å². The molecule has 21 heavy (non-hydrogen) atoms. The zero-order chi connectivity index (χ0) is 15.2. The topological polar surface area (TPSA) is 44.5 Å². The van der Waals surface area contributed by atoms with E-state index >= 15 is 0 Å². The van der Waals surface area contributed by atoms with Crippen LogP contribution in [0.1, 0.15) is 11.1 Å². The number of nitrogens with two attached hydrogens (primary N) is 1. The lowest BCUT2D eigenvalue weighted by Gasteiger charge is -2.12. The Hall–Kier alpha value is -1.42. The van der Waals surface area contributed by atoms with Crippen LogP contribution < -0.4 is 15.2 Å². The van der Waals surface area contributed by atoms with E-state index < -0.39 is 0 Å². The predicted octanol–water partition coefficient (Wildman–Crippen LogP) is 4.22. The minimum Gasteiger partial charge on any atom is -0.490 e. The Kier molecular flexibility index (Phi) is 5.74. The van der Waals surface area contributed by atoms with Crippen molar-refractivity contribution in [2.45, 2.75) is 13.5 Å².